The molecule has 0 unspecified atom stereocenters. The zero-order valence-electron chi connectivity index (χ0n) is 49.9. The second-order valence-electron chi connectivity index (χ2n) is 26.6. The van der Waals surface area contributed by atoms with Gasteiger partial charge in [0.25, 0.3) is 0 Å². The molecule has 14 nitrogen and oxygen atoms in total. The Morgan fingerprint density at radius 2 is 0.957 bits per heavy atom. The lowest BCUT2D eigenvalue weighted by atomic mass is 9.89. The summed E-state index contributed by atoms with van der Waals surface area (Å²) < 4.78 is 14.4. The van der Waals surface area contributed by atoms with Crippen molar-refractivity contribution in [2.45, 2.75) is 228 Å². The predicted molar refractivity (Wildman–Crippen MR) is 292 cm³/mol. The number of rotatable bonds is 20. The van der Waals surface area contributed by atoms with Crippen molar-refractivity contribution < 1.29 is 48.4 Å². The molecule has 1 saturated heterocycles. The summed E-state index contributed by atoms with van der Waals surface area (Å²) in [5.41, 5.74) is 6.97. The third-order valence-corrected chi connectivity index (χ3v) is 9.96. The molecule has 0 aromatic rings. The molecule has 0 saturated carbocycles. The molecule has 0 bridgehead atoms. The van der Waals surface area contributed by atoms with E-state index in [-0.39, 0.29) is 35.9 Å². The minimum absolute atomic E-state index is 0.110. The number of aliphatic carboxylic acids is 2. The number of primary amides is 1. The first-order valence-electron chi connectivity index (χ1n) is 26.1. The van der Waals surface area contributed by atoms with Gasteiger partial charge in [0.2, 0.25) is 11.8 Å². The Morgan fingerprint density at radius 1 is 0.557 bits per heavy atom. The molecular weight excluding hydrogens is 889 g/mol. The van der Waals surface area contributed by atoms with E-state index in [2.05, 4.69) is 149 Å². The minimum atomic E-state index is -1.04. The first-order valence-corrected chi connectivity index (χ1v) is 26.1. The number of likely N-dealkylation sites (N-methyl/N-ethyl adjacent to an activating group) is 1. The lowest BCUT2D eigenvalue weighted by Gasteiger charge is -2.34. The highest BCUT2D eigenvalue weighted by Gasteiger charge is 2.24. The molecule has 0 aromatic carbocycles. The predicted octanol–water partition coefficient (Wildman–Crippen LogP) is 12.7. The van der Waals surface area contributed by atoms with E-state index < -0.39 is 24.1 Å². The Kier molecular flexibility index (Phi) is 42.9. The molecule has 14 heteroatoms. The smallest absolute Gasteiger partial charge is 0.407 e. The van der Waals surface area contributed by atoms with Crippen molar-refractivity contribution in [2.24, 2.45) is 44.1 Å². The molecule has 1 aliphatic rings. The average Bonchev–Trinajstić information content (AvgIpc) is 3.15. The number of nitrogens with two attached hydrogens (primary N) is 1. The van der Waals surface area contributed by atoms with E-state index in [1.807, 2.05) is 4.90 Å². The molecule has 1 rings (SSSR count). The minimum Gasteiger partial charge on any atom is -0.481 e. The van der Waals surface area contributed by atoms with Crippen LogP contribution in [0.3, 0.4) is 0 Å². The number of carboxylic acids is 2. The summed E-state index contributed by atoms with van der Waals surface area (Å²) in [6, 6.07) is -0.898. The van der Waals surface area contributed by atoms with Crippen LogP contribution in [0.4, 0.5) is 4.79 Å². The molecule has 1 fully saturated rings. The van der Waals surface area contributed by atoms with Crippen LogP contribution in [0.25, 0.3) is 0 Å². The van der Waals surface area contributed by atoms with Crippen LogP contribution in [0.2, 0.25) is 0 Å². The monoisotopic (exact) mass is 1000 g/mol. The van der Waals surface area contributed by atoms with Crippen LogP contribution < -0.4 is 11.1 Å². The van der Waals surface area contributed by atoms with Gasteiger partial charge < -0.3 is 45.3 Å². The quantitative estimate of drug-likeness (QED) is 0.0847. The van der Waals surface area contributed by atoms with Gasteiger partial charge in [0.15, 0.2) is 0 Å². The van der Waals surface area contributed by atoms with Crippen LogP contribution in [-0.4, -0.2) is 123 Å². The van der Waals surface area contributed by atoms with E-state index in [9.17, 15) is 24.0 Å². The number of carbonyl (C=O) groups excluding carboxylic acids is 3. The number of ether oxygens (including phenoxy) is 3. The third-order valence-electron chi connectivity index (χ3n) is 9.96. The van der Waals surface area contributed by atoms with Crippen LogP contribution >= 0.6 is 0 Å². The second kappa shape index (κ2) is 39.5. The summed E-state index contributed by atoms with van der Waals surface area (Å²) >= 11 is 0. The van der Waals surface area contributed by atoms with Crippen LogP contribution in [-0.2, 0) is 33.4 Å². The Hall–Kier alpha value is -2.97. The summed E-state index contributed by atoms with van der Waals surface area (Å²) in [5, 5.41) is 20.1. The van der Waals surface area contributed by atoms with Gasteiger partial charge in [0.05, 0.1) is 12.5 Å². The van der Waals surface area contributed by atoms with Crippen LogP contribution in [0.1, 0.15) is 222 Å². The van der Waals surface area contributed by atoms with Gasteiger partial charge in [-0.05, 0) is 84.5 Å². The number of amides is 3. The lowest BCUT2D eigenvalue weighted by Crippen LogP contribution is -2.47. The fraction of sp³-hybridized carbons (Fsp3) is 0.911. The Labute approximate surface area is 431 Å². The fourth-order valence-electron chi connectivity index (χ4n) is 5.71. The van der Waals surface area contributed by atoms with Crippen molar-refractivity contribution in [1.82, 2.24) is 15.1 Å². The van der Waals surface area contributed by atoms with Crippen molar-refractivity contribution in [1.29, 1.82) is 0 Å². The number of methoxy groups -OCH3 is 2. The number of nitrogens with one attached hydrogen (secondary N) is 1. The number of carbonyl (C=O) groups is 5. The van der Waals surface area contributed by atoms with Crippen molar-refractivity contribution in [3.05, 3.63) is 0 Å². The number of piperazine rings is 1. The third kappa shape index (κ3) is 71.6. The maximum atomic E-state index is 11.8. The molecule has 5 N–H and O–H groups in total. The van der Waals surface area contributed by atoms with E-state index >= 15 is 0 Å². The first-order chi connectivity index (χ1) is 31.4. The van der Waals surface area contributed by atoms with E-state index in [1.54, 1.807) is 14.0 Å². The van der Waals surface area contributed by atoms with Gasteiger partial charge in [-0.2, -0.15) is 0 Å². The van der Waals surface area contributed by atoms with Crippen LogP contribution in [0, 0.1) is 38.4 Å². The number of hydrogen-bond donors (Lipinski definition) is 4. The zero-order chi connectivity index (χ0) is 56.2. The summed E-state index contributed by atoms with van der Waals surface area (Å²) in [7, 11) is 5.34. The summed E-state index contributed by atoms with van der Waals surface area (Å²) in [6.07, 6.45) is 10.9. The molecule has 0 aromatic heterocycles. The normalized spacial score (nSPS) is 14.1. The number of nitrogens with zero attached hydrogens (tertiary/aromatic N) is 2. The molecule has 420 valence electrons. The number of alkyl carbamates (subject to hydrolysis) is 1. The fourth-order valence-corrected chi connectivity index (χ4v) is 5.71. The molecule has 2 atom stereocenters. The van der Waals surface area contributed by atoms with Gasteiger partial charge >= 0.3 is 18.0 Å². The van der Waals surface area contributed by atoms with Gasteiger partial charge in [0, 0.05) is 59.8 Å². The molecule has 3 amide bonds. The van der Waals surface area contributed by atoms with E-state index in [0.29, 0.717) is 46.8 Å². The highest BCUT2D eigenvalue weighted by molar-refractivity contribution is 5.79. The van der Waals surface area contributed by atoms with Crippen molar-refractivity contribution in [2.75, 3.05) is 67.3 Å². The number of unbranched alkanes of at least 4 members (excludes halogenated alkanes) is 2. The molecule has 1 heterocycles. The number of carboxylic acid groups (broad SMARTS) is 2. The second-order valence-corrected chi connectivity index (χ2v) is 26.6. The van der Waals surface area contributed by atoms with E-state index in [0.717, 1.165) is 90.6 Å². The van der Waals surface area contributed by atoms with E-state index in [4.69, 9.17) is 30.2 Å². The maximum Gasteiger partial charge on any atom is 0.407 e. The Morgan fingerprint density at radius 3 is 1.29 bits per heavy atom. The SMILES string of the molecule is CC(C)(C)C.CC(C)(C)CCCC(N)=O.CN1CCN(C(=O)CC(C)(C)C)CC1.COCCC(C)(C)C.COCCOC(=O)N[C@@H](CCCCC(C)(C)C)C(=O)O.C[C@@H](CCCCC(C)(C)C)C(=O)O. The molecule has 0 spiro atoms. The van der Waals surface area contributed by atoms with Gasteiger partial charge in [-0.15, -0.1) is 0 Å². The Balaban J connectivity index is -0.000000252. The Bertz CT molecular complexity index is 1330. The largest absolute Gasteiger partial charge is 0.481 e. The topological polar surface area (TPSA) is 198 Å². The van der Waals surface area contributed by atoms with Gasteiger partial charge in [-0.25, -0.2) is 9.59 Å². The standard InChI is InChI=1S/C14H27NO5.C11H22N2O.C11H22O2.C8H17NO.C7H16O.C5H12/c1-14(2,3)8-6-5-7-11(12(16)17)15-13(18)20-10-9-19-4;1-11(2,3)9-10(14)13-7-5-12(4)6-8-13;1-9(10(12)13)7-5-6-8-11(2,3)4;1-8(2,3)6-4-5-7(9)10;1-7(2,3)5-6-8-4;1-5(2,3)4/h11H,5-10H2,1-4H3,(H,15,18)(H,16,17);5-9H2,1-4H3;9H,5-8H2,1-4H3,(H,12,13);4-6H2,1-3H3,(H2,9,10);5-6H2,1-4H3;1-4H3/t11-;;9-;;;/m0.0.../s1. The first kappa shape index (κ1) is 76.0. The van der Waals surface area contributed by atoms with Crippen LogP contribution in [0.5, 0.6) is 0 Å². The van der Waals surface area contributed by atoms with Gasteiger partial charge in [0.1, 0.15) is 12.6 Å². The highest BCUT2D eigenvalue weighted by Crippen LogP contribution is 2.25. The van der Waals surface area contributed by atoms with Crippen LogP contribution in [0.15, 0.2) is 0 Å². The molecule has 0 aliphatic carbocycles. The number of hydrogen-bond acceptors (Lipinski definition) is 9. The summed E-state index contributed by atoms with van der Waals surface area (Å²) in [6.45, 7) is 48.2. The van der Waals surface area contributed by atoms with Gasteiger partial charge in [-0.1, -0.05) is 164 Å². The molecule has 1 aliphatic heterocycles. The van der Waals surface area contributed by atoms with Crippen molar-refractivity contribution in [3.8, 4) is 0 Å². The van der Waals surface area contributed by atoms with Crippen molar-refractivity contribution >= 4 is 29.8 Å². The van der Waals surface area contributed by atoms with Crippen molar-refractivity contribution in [3.63, 3.8) is 0 Å². The maximum absolute atomic E-state index is 11.8. The molecular formula is C56H116N4O10. The molecule has 0 radical (unpaired) electrons. The highest BCUT2D eigenvalue weighted by atomic mass is 16.6. The van der Waals surface area contributed by atoms with Gasteiger partial charge in [-0.3, -0.25) is 14.4 Å². The summed E-state index contributed by atoms with van der Waals surface area (Å²) in [4.78, 5) is 59.3. The molecule has 70 heavy (non-hydrogen) atoms. The summed E-state index contributed by atoms with van der Waals surface area (Å²) in [5.74, 6) is -1.77. The lowest BCUT2D eigenvalue weighted by molar-refractivity contribution is -0.141. The zero-order valence-corrected chi connectivity index (χ0v) is 49.9. The van der Waals surface area contributed by atoms with E-state index in [1.165, 1.54) is 13.5 Å². The average molecular weight is 1010 g/mol.